The van der Waals surface area contributed by atoms with Crippen molar-refractivity contribution in [2.24, 2.45) is 11.1 Å². The SMILES string of the molecule is CCC(C)(C)C1=C(C)C(=O)C(C)=C(C)C1=O.NC=O. The van der Waals surface area contributed by atoms with Crippen molar-refractivity contribution in [2.45, 2.75) is 48.0 Å². The van der Waals surface area contributed by atoms with Crippen molar-refractivity contribution in [1.82, 2.24) is 0 Å². The Morgan fingerprint density at radius 1 is 1.00 bits per heavy atom. The lowest BCUT2D eigenvalue weighted by Crippen LogP contribution is -2.29. The van der Waals surface area contributed by atoms with Crippen molar-refractivity contribution in [3.05, 3.63) is 22.3 Å². The van der Waals surface area contributed by atoms with E-state index in [4.69, 9.17) is 4.79 Å². The van der Waals surface area contributed by atoms with Crippen LogP contribution in [0.5, 0.6) is 0 Å². The second kappa shape index (κ2) is 6.45. The van der Waals surface area contributed by atoms with Gasteiger partial charge in [-0.3, -0.25) is 14.4 Å². The summed E-state index contributed by atoms with van der Waals surface area (Å²) >= 11 is 0. The quantitative estimate of drug-likeness (QED) is 0.615. The Morgan fingerprint density at radius 2 is 1.37 bits per heavy atom. The highest BCUT2D eigenvalue weighted by atomic mass is 16.1. The zero-order valence-corrected chi connectivity index (χ0v) is 12.6. The molecule has 0 atom stereocenters. The molecule has 0 unspecified atom stereocenters. The molecule has 106 valence electrons. The van der Waals surface area contributed by atoms with Crippen molar-refractivity contribution in [1.29, 1.82) is 0 Å². The minimum absolute atomic E-state index is 0.0219. The van der Waals surface area contributed by atoms with Crippen LogP contribution in [0.3, 0.4) is 0 Å². The first-order valence-corrected chi connectivity index (χ1v) is 6.29. The summed E-state index contributed by atoms with van der Waals surface area (Å²) in [5, 5.41) is 0. The van der Waals surface area contributed by atoms with Gasteiger partial charge in [0.1, 0.15) is 0 Å². The molecule has 0 aromatic carbocycles. The molecule has 0 fully saturated rings. The lowest BCUT2D eigenvalue weighted by Gasteiger charge is -2.30. The molecule has 0 aromatic rings. The van der Waals surface area contributed by atoms with Gasteiger partial charge in [-0.1, -0.05) is 20.8 Å². The highest BCUT2D eigenvalue weighted by molar-refractivity contribution is 6.25. The number of nitrogens with two attached hydrogens (primary N) is 1. The Bertz CT molecular complexity index is 468. The summed E-state index contributed by atoms with van der Waals surface area (Å²) in [6.07, 6.45) is 1.10. The number of carbonyl (C=O) groups is 3. The largest absolute Gasteiger partial charge is 0.372 e. The third-order valence-corrected chi connectivity index (χ3v) is 3.75. The van der Waals surface area contributed by atoms with Crippen molar-refractivity contribution in [2.75, 3.05) is 0 Å². The predicted octanol–water partition coefficient (Wildman–Crippen LogP) is 2.33. The van der Waals surface area contributed by atoms with E-state index in [9.17, 15) is 9.59 Å². The molecule has 1 amide bonds. The molecule has 4 nitrogen and oxygen atoms in total. The zero-order valence-electron chi connectivity index (χ0n) is 12.6. The van der Waals surface area contributed by atoms with Crippen LogP contribution in [0, 0.1) is 5.41 Å². The van der Waals surface area contributed by atoms with Crippen molar-refractivity contribution >= 4 is 18.0 Å². The monoisotopic (exact) mass is 265 g/mol. The number of primary amides is 1. The highest BCUT2D eigenvalue weighted by Crippen LogP contribution is 2.38. The maximum atomic E-state index is 12.2. The number of carbonyl (C=O) groups excluding carboxylic acids is 3. The number of ketones is 2. The van der Waals surface area contributed by atoms with E-state index in [1.807, 2.05) is 20.8 Å². The van der Waals surface area contributed by atoms with Crippen LogP contribution in [0.15, 0.2) is 22.3 Å². The van der Waals surface area contributed by atoms with Gasteiger partial charge in [-0.25, -0.2) is 0 Å². The van der Waals surface area contributed by atoms with Gasteiger partial charge in [0.15, 0.2) is 11.6 Å². The van der Waals surface area contributed by atoms with E-state index in [2.05, 4.69) is 5.73 Å². The Kier molecular flexibility index (Phi) is 5.87. The standard InChI is InChI=1S/C14H20O2.CH3NO/c1-7-14(5,6)11-10(4)12(15)8(2)9(3)13(11)16;2-1-3/h7H2,1-6H3;1H,(H2,2,3). The van der Waals surface area contributed by atoms with Gasteiger partial charge in [-0.2, -0.15) is 0 Å². The summed E-state index contributed by atoms with van der Waals surface area (Å²) in [5.41, 5.74) is 6.46. The smallest absolute Gasteiger partial charge is 0.204 e. The van der Waals surface area contributed by atoms with Crippen LogP contribution in [0.4, 0.5) is 0 Å². The Balaban J connectivity index is 0.000000982. The Morgan fingerprint density at radius 3 is 1.74 bits per heavy atom. The summed E-state index contributed by atoms with van der Waals surface area (Å²) in [7, 11) is 0. The fourth-order valence-corrected chi connectivity index (χ4v) is 2.08. The maximum absolute atomic E-state index is 12.2. The number of allylic oxidation sites excluding steroid dienone is 4. The van der Waals surface area contributed by atoms with Gasteiger partial charge < -0.3 is 5.73 Å². The number of hydrogen-bond acceptors (Lipinski definition) is 3. The van der Waals surface area contributed by atoms with E-state index in [0.717, 1.165) is 6.42 Å². The van der Waals surface area contributed by atoms with Crippen LogP contribution in [0.2, 0.25) is 0 Å². The van der Waals surface area contributed by atoms with Crippen molar-refractivity contribution in [3.8, 4) is 0 Å². The van der Waals surface area contributed by atoms with Gasteiger partial charge in [0.05, 0.1) is 0 Å². The molecule has 19 heavy (non-hydrogen) atoms. The predicted molar refractivity (Wildman–Crippen MR) is 75.4 cm³/mol. The highest BCUT2D eigenvalue weighted by Gasteiger charge is 2.35. The minimum atomic E-state index is -0.223. The van der Waals surface area contributed by atoms with Gasteiger partial charge >= 0.3 is 0 Å². The van der Waals surface area contributed by atoms with Gasteiger partial charge in [-0.05, 0) is 32.6 Å². The molecule has 0 aliphatic heterocycles. The second-order valence-electron chi connectivity index (χ2n) is 5.28. The van der Waals surface area contributed by atoms with Crippen molar-refractivity contribution in [3.63, 3.8) is 0 Å². The van der Waals surface area contributed by atoms with E-state index in [1.54, 1.807) is 20.8 Å². The summed E-state index contributed by atoms with van der Waals surface area (Å²) in [6, 6.07) is 0. The molecule has 0 heterocycles. The van der Waals surface area contributed by atoms with E-state index in [1.165, 1.54) is 0 Å². The molecule has 0 spiro atoms. The first-order valence-electron chi connectivity index (χ1n) is 6.29. The average molecular weight is 265 g/mol. The molecule has 0 bridgehead atoms. The van der Waals surface area contributed by atoms with Gasteiger partial charge in [0.25, 0.3) is 0 Å². The maximum Gasteiger partial charge on any atom is 0.204 e. The van der Waals surface area contributed by atoms with Crippen LogP contribution in [-0.2, 0) is 14.4 Å². The Labute approximate surface area is 114 Å². The normalized spacial score (nSPS) is 16.3. The van der Waals surface area contributed by atoms with Gasteiger partial charge in [-0.15, -0.1) is 0 Å². The van der Waals surface area contributed by atoms with Crippen LogP contribution in [0.1, 0.15) is 48.0 Å². The van der Waals surface area contributed by atoms with E-state index in [-0.39, 0.29) is 23.4 Å². The average Bonchev–Trinajstić information content (AvgIpc) is 2.35. The lowest BCUT2D eigenvalue weighted by molar-refractivity contribution is -0.117. The number of hydrogen-bond donors (Lipinski definition) is 1. The number of rotatable bonds is 2. The van der Waals surface area contributed by atoms with E-state index in [0.29, 0.717) is 22.3 Å². The number of amides is 1. The molecule has 0 saturated heterocycles. The summed E-state index contributed by atoms with van der Waals surface area (Å²) in [6.45, 7) is 11.3. The number of Topliss-reactive ketones (excluding diaryl/α,β-unsaturated/α-hetero) is 2. The fourth-order valence-electron chi connectivity index (χ4n) is 2.08. The summed E-state index contributed by atoms with van der Waals surface area (Å²) < 4.78 is 0. The lowest BCUT2D eigenvalue weighted by atomic mass is 9.72. The van der Waals surface area contributed by atoms with Crippen molar-refractivity contribution < 1.29 is 14.4 Å². The third kappa shape index (κ3) is 3.40. The van der Waals surface area contributed by atoms with E-state index >= 15 is 0 Å². The van der Waals surface area contributed by atoms with Gasteiger partial charge in [0.2, 0.25) is 6.41 Å². The van der Waals surface area contributed by atoms with Crippen LogP contribution >= 0.6 is 0 Å². The fraction of sp³-hybridized carbons (Fsp3) is 0.533. The van der Waals surface area contributed by atoms with E-state index < -0.39 is 0 Å². The molecule has 0 aromatic heterocycles. The zero-order chi connectivity index (χ0) is 15.4. The molecule has 4 heteroatoms. The van der Waals surface area contributed by atoms with Crippen LogP contribution in [-0.4, -0.2) is 18.0 Å². The topological polar surface area (TPSA) is 77.2 Å². The minimum Gasteiger partial charge on any atom is -0.372 e. The molecular weight excluding hydrogens is 242 g/mol. The summed E-state index contributed by atoms with van der Waals surface area (Å²) in [4.78, 5) is 32.8. The van der Waals surface area contributed by atoms with Crippen LogP contribution in [0.25, 0.3) is 0 Å². The Hall–Kier alpha value is -1.71. The molecular formula is C15H23NO3. The molecule has 1 aliphatic rings. The molecule has 1 rings (SSSR count). The summed E-state index contributed by atoms with van der Waals surface area (Å²) in [5.74, 6) is 0.0649. The molecule has 0 radical (unpaired) electrons. The molecule has 2 N–H and O–H groups in total. The van der Waals surface area contributed by atoms with Gasteiger partial charge in [0, 0.05) is 22.3 Å². The molecule has 0 saturated carbocycles. The first kappa shape index (κ1) is 17.3. The molecule has 1 aliphatic carbocycles. The van der Waals surface area contributed by atoms with Crippen LogP contribution < -0.4 is 5.73 Å². The third-order valence-electron chi connectivity index (χ3n) is 3.75. The first-order chi connectivity index (χ1) is 8.65. The second-order valence-corrected chi connectivity index (χ2v) is 5.28.